The smallest absolute Gasteiger partial charge is 0.242 e. The Morgan fingerprint density at radius 3 is 2.67 bits per heavy atom. The van der Waals surface area contributed by atoms with Gasteiger partial charge in [0.05, 0.1) is 6.54 Å². The third-order valence-electron chi connectivity index (χ3n) is 6.47. The van der Waals surface area contributed by atoms with Crippen LogP contribution in [0.4, 0.5) is 0 Å². The van der Waals surface area contributed by atoms with Crippen molar-refractivity contribution in [3.05, 3.63) is 22.4 Å². The summed E-state index contributed by atoms with van der Waals surface area (Å²) in [7, 11) is 0. The van der Waals surface area contributed by atoms with Gasteiger partial charge in [0.15, 0.2) is 0 Å². The van der Waals surface area contributed by atoms with Gasteiger partial charge in [-0.15, -0.1) is 0 Å². The van der Waals surface area contributed by atoms with Crippen molar-refractivity contribution in [1.29, 1.82) is 0 Å². The number of piperidine rings is 1. The molecular formula is C20H27N3O3S. The van der Waals surface area contributed by atoms with E-state index in [0.717, 1.165) is 38.8 Å². The number of carbonyl (C=O) groups excluding carboxylic acids is 3. The highest BCUT2D eigenvalue weighted by molar-refractivity contribution is 7.07. The molecule has 3 heterocycles. The number of thiophene rings is 1. The molecule has 146 valence electrons. The largest absolute Gasteiger partial charge is 0.341 e. The molecule has 1 atom stereocenters. The summed E-state index contributed by atoms with van der Waals surface area (Å²) < 4.78 is 0. The molecule has 1 spiro atoms. The van der Waals surface area contributed by atoms with Crippen LogP contribution in [0.1, 0.15) is 44.6 Å². The highest BCUT2D eigenvalue weighted by Gasteiger charge is 2.58. The van der Waals surface area contributed by atoms with Gasteiger partial charge in [-0.2, -0.15) is 11.3 Å². The van der Waals surface area contributed by atoms with Crippen LogP contribution in [-0.4, -0.2) is 64.6 Å². The van der Waals surface area contributed by atoms with Gasteiger partial charge >= 0.3 is 0 Å². The van der Waals surface area contributed by atoms with Crippen LogP contribution < -0.4 is 0 Å². The summed E-state index contributed by atoms with van der Waals surface area (Å²) in [5, 5.41) is 4.15. The lowest BCUT2D eigenvalue weighted by Crippen LogP contribution is -2.46. The van der Waals surface area contributed by atoms with Crippen LogP contribution in [0.25, 0.3) is 0 Å². The van der Waals surface area contributed by atoms with Gasteiger partial charge in [0.25, 0.3) is 0 Å². The Morgan fingerprint density at radius 2 is 2.07 bits per heavy atom. The molecule has 1 aromatic rings. The Kier molecular flexibility index (Phi) is 4.97. The molecule has 0 aromatic carbocycles. The Hall–Kier alpha value is -1.89. The van der Waals surface area contributed by atoms with Gasteiger partial charge < -0.3 is 14.7 Å². The van der Waals surface area contributed by atoms with Crippen molar-refractivity contribution in [2.75, 3.05) is 26.2 Å². The standard InChI is InChI=1S/C20H27N3O3S/c1-15(24)23(12-16-4-10-27-14-16)17-11-20(17)5-8-21(9-6-20)19(26)13-22-7-2-3-18(22)25/h4,10,14,17H,2-3,5-9,11-13H2,1H3. The van der Waals surface area contributed by atoms with E-state index in [1.165, 1.54) is 5.56 Å². The molecule has 1 saturated carbocycles. The number of carbonyl (C=O) groups is 3. The first kappa shape index (κ1) is 18.5. The molecule has 2 aliphatic heterocycles. The van der Waals surface area contributed by atoms with Crippen molar-refractivity contribution in [2.45, 2.75) is 51.6 Å². The molecule has 4 rings (SSSR count). The number of nitrogens with zero attached hydrogens (tertiary/aromatic N) is 3. The van der Waals surface area contributed by atoms with E-state index in [2.05, 4.69) is 11.4 Å². The van der Waals surface area contributed by atoms with Crippen LogP contribution in [0.5, 0.6) is 0 Å². The second kappa shape index (κ2) is 7.26. The highest BCUT2D eigenvalue weighted by Crippen LogP contribution is 2.57. The molecule has 0 bridgehead atoms. The number of rotatable bonds is 5. The van der Waals surface area contributed by atoms with Gasteiger partial charge in [-0.1, -0.05) is 0 Å². The zero-order valence-electron chi connectivity index (χ0n) is 15.9. The maximum Gasteiger partial charge on any atom is 0.242 e. The first-order valence-electron chi connectivity index (χ1n) is 9.82. The topological polar surface area (TPSA) is 60.9 Å². The molecule has 0 N–H and O–H groups in total. The zero-order valence-corrected chi connectivity index (χ0v) is 16.7. The molecule has 1 aliphatic carbocycles. The normalized spacial score (nSPS) is 23.7. The van der Waals surface area contributed by atoms with Crippen molar-refractivity contribution in [2.24, 2.45) is 5.41 Å². The third-order valence-corrected chi connectivity index (χ3v) is 7.20. The summed E-state index contributed by atoms with van der Waals surface area (Å²) in [5.74, 6) is 0.303. The van der Waals surface area contributed by atoms with Crippen LogP contribution in [-0.2, 0) is 20.9 Å². The lowest BCUT2D eigenvalue weighted by atomic mass is 9.92. The van der Waals surface area contributed by atoms with E-state index in [-0.39, 0.29) is 29.7 Å². The van der Waals surface area contributed by atoms with Crippen LogP contribution in [0.3, 0.4) is 0 Å². The van der Waals surface area contributed by atoms with Gasteiger partial charge in [-0.25, -0.2) is 0 Å². The zero-order chi connectivity index (χ0) is 19.0. The highest BCUT2D eigenvalue weighted by atomic mass is 32.1. The maximum absolute atomic E-state index is 12.5. The lowest BCUT2D eigenvalue weighted by Gasteiger charge is -2.35. The summed E-state index contributed by atoms with van der Waals surface area (Å²) >= 11 is 1.66. The first-order valence-corrected chi connectivity index (χ1v) is 10.8. The fourth-order valence-corrected chi connectivity index (χ4v) is 5.32. The molecule has 3 aliphatic rings. The van der Waals surface area contributed by atoms with Gasteiger partial charge in [0.1, 0.15) is 0 Å². The minimum atomic E-state index is 0.0685. The predicted octanol–water partition coefficient (Wildman–Crippen LogP) is 2.10. The van der Waals surface area contributed by atoms with Gasteiger partial charge in [-0.05, 0) is 53.5 Å². The second-order valence-electron chi connectivity index (χ2n) is 8.16. The average molecular weight is 390 g/mol. The molecular weight excluding hydrogens is 362 g/mol. The van der Waals surface area contributed by atoms with Crippen molar-refractivity contribution < 1.29 is 14.4 Å². The third kappa shape index (κ3) is 3.74. The summed E-state index contributed by atoms with van der Waals surface area (Å²) in [6.45, 7) is 4.76. The molecule has 3 amide bonds. The number of hydrogen-bond donors (Lipinski definition) is 0. The molecule has 3 fully saturated rings. The summed E-state index contributed by atoms with van der Waals surface area (Å²) in [4.78, 5) is 42.1. The Labute approximate surface area is 164 Å². The monoisotopic (exact) mass is 389 g/mol. The Bertz CT molecular complexity index is 725. The SMILES string of the molecule is CC(=O)N(Cc1ccsc1)C1CC12CCN(C(=O)CN1CCCC1=O)CC2. The lowest BCUT2D eigenvalue weighted by molar-refractivity contribution is -0.139. The van der Waals surface area contributed by atoms with Crippen LogP contribution in [0, 0.1) is 5.41 Å². The molecule has 6 nitrogen and oxygen atoms in total. The summed E-state index contributed by atoms with van der Waals surface area (Å²) in [6.07, 6.45) is 4.38. The van der Waals surface area contributed by atoms with Crippen LogP contribution in [0.2, 0.25) is 0 Å². The van der Waals surface area contributed by atoms with E-state index in [0.29, 0.717) is 25.6 Å². The molecule has 1 unspecified atom stereocenters. The number of amides is 3. The predicted molar refractivity (Wildman–Crippen MR) is 103 cm³/mol. The van der Waals surface area contributed by atoms with Crippen molar-refractivity contribution in [1.82, 2.24) is 14.7 Å². The molecule has 2 saturated heterocycles. The second-order valence-corrected chi connectivity index (χ2v) is 8.94. The fourth-order valence-electron chi connectivity index (χ4n) is 4.66. The van der Waals surface area contributed by atoms with Gasteiger partial charge in [0.2, 0.25) is 17.7 Å². The van der Waals surface area contributed by atoms with E-state index < -0.39 is 0 Å². The van der Waals surface area contributed by atoms with Crippen molar-refractivity contribution in [3.8, 4) is 0 Å². The summed E-state index contributed by atoms with van der Waals surface area (Å²) in [6, 6.07) is 2.38. The Morgan fingerprint density at radius 1 is 1.30 bits per heavy atom. The molecule has 0 radical (unpaired) electrons. The number of hydrogen-bond acceptors (Lipinski definition) is 4. The van der Waals surface area contributed by atoms with Gasteiger partial charge in [-0.3, -0.25) is 14.4 Å². The molecule has 7 heteroatoms. The molecule has 27 heavy (non-hydrogen) atoms. The van der Waals surface area contributed by atoms with Crippen molar-refractivity contribution in [3.63, 3.8) is 0 Å². The van der Waals surface area contributed by atoms with Gasteiger partial charge in [0, 0.05) is 45.6 Å². The Balaban J connectivity index is 1.31. The van der Waals surface area contributed by atoms with E-state index in [1.807, 2.05) is 15.2 Å². The maximum atomic E-state index is 12.5. The average Bonchev–Trinajstić information content (AvgIpc) is 3.00. The van der Waals surface area contributed by atoms with E-state index >= 15 is 0 Å². The van der Waals surface area contributed by atoms with E-state index in [4.69, 9.17) is 0 Å². The van der Waals surface area contributed by atoms with Crippen molar-refractivity contribution >= 4 is 29.1 Å². The number of likely N-dealkylation sites (tertiary alicyclic amines) is 2. The minimum absolute atomic E-state index is 0.0685. The van der Waals surface area contributed by atoms with E-state index in [1.54, 1.807) is 23.2 Å². The van der Waals surface area contributed by atoms with Crippen LogP contribution >= 0.6 is 11.3 Å². The van der Waals surface area contributed by atoms with E-state index in [9.17, 15) is 14.4 Å². The minimum Gasteiger partial charge on any atom is -0.341 e. The molecule has 1 aromatic heterocycles. The first-order chi connectivity index (χ1) is 13.0. The fraction of sp³-hybridized carbons (Fsp3) is 0.650. The van der Waals surface area contributed by atoms with Crippen LogP contribution in [0.15, 0.2) is 16.8 Å². The quantitative estimate of drug-likeness (QED) is 0.775. The summed E-state index contributed by atoms with van der Waals surface area (Å²) in [5.41, 5.74) is 1.38.